The van der Waals surface area contributed by atoms with Gasteiger partial charge in [-0.25, -0.2) is 9.18 Å². The summed E-state index contributed by atoms with van der Waals surface area (Å²) in [4.78, 5) is 23.8. The number of amides is 2. The third kappa shape index (κ3) is 6.71. The van der Waals surface area contributed by atoms with E-state index in [4.69, 9.17) is 35.5 Å². The maximum Gasteiger partial charge on any atom is 0.481 e. The molecule has 2 amide bonds. The Bertz CT molecular complexity index is 811. The Morgan fingerprint density at radius 3 is 2.38 bits per heavy atom. The minimum absolute atomic E-state index is 0.0187. The third-order valence-corrected chi connectivity index (χ3v) is 5.77. The van der Waals surface area contributed by atoms with E-state index in [-0.39, 0.29) is 30.4 Å². The van der Waals surface area contributed by atoms with E-state index in [0.29, 0.717) is 0 Å². The molecule has 1 heterocycles. The monoisotopic (exact) mass is 474 g/mol. The van der Waals surface area contributed by atoms with Crippen LogP contribution in [0.3, 0.4) is 0 Å². The summed E-state index contributed by atoms with van der Waals surface area (Å²) in [5.41, 5.74) is -1.29. The van der Waals surface area contributed by atoms with Crippen molar-refractivity contribution in [3.63, 3.8) is 0 Å². The first-order chi connectivity index (χ1) is 14.9. The fourth-order valence-corrected chi connectivity index (χ4v) is 3.10. The number of nitrogens with one attached hydrogen (secondary N) is 2. The Hall–Kier alpha value is -2.08. The topological polar surface area (TPSA) is 115 Å². The van der Waals surface area contributed by atoms with Crippen molar-refractivity contribution >= 4 is 30.7 Å². The lowest BCUT2D eigenvalue weighted by Gasteiger charge is -2.32. The second kappa shape index (κ2) is 10.7. The molecule has 178 valence electrons. The Morgan fingerprint density at radius 2 is 1.84 bits per heavy atom. The van der Waals surface area contributed by atoms with E-state index in [9.17, 15) is 14.0 Å². The van der Waals surface area contributed by atoms with Crippen LogP contribution >= 0.6 is 11.6 Å². The molecule has 0 bridgehead atoms. The van der Waals surface area contributed by atoms with Gasteiger partial charge in [0.1, 0.15) is 17.6 Å². The molecule has 2 rings (SSSR count). The van der Waals surface area contributed by atoms with Gasteiger partial charge in [-0.3, -0.25) is 4.79 Å². The van der Waals surface area contributed by atoms with E-state index in [0.717, 1.165) is 6.07 Å². The van der Waals surface area contributed by atoms with E-state index in [1.165, 1.54) is 19.2 Å². The van der Waals surface area contributed by atoms with Crippen LogP contribution in [0.4, 0.5) is 9.18 Å². The number of hydrogen-bond donors (Lipinski definition) is 3. The normalized spacial score (nSPS) is 18.7. The van der Waals surface area contributed by atoms with E-state index in [1.54, 1.807) is 0 Å². The molecule has 0 unspecified atom stereocenters. The van der Waals surface area contributed by atoms with E-state index < -0.39 is 48.1 Å². The van der Waals surface area contributed by atoms with Gasteiger partial charge in [-0.05, 0) is 39.8 Å². The molecule has 12 heteroatoms. The third-order valence-electron chi connectivity index (χ3n) is 5.46. The number of hydrogen-bond acceptors (Lipinski definition) is 6. The van der Waals surface area contributed by atoms with Crippen LogP contribution in [0, 0.1) is 5.82 Å². The molecule has 2 atom stereocenters. The minimum Gasteiger partial charge on any atom is -0.493 e. The fourth-order valence-electron chi connectivity index (χ4n) is 2.98. The summed E-state index contributed by atoms with van der Waals surface area (Å²) >= 11 is 5.68. The van der Waals surface area contributed by atoms with Crippen LogP contribution in [0.1, 0.15) is 34.1 Å². The van der Waals surface area contributed by atoms with Crippen molar-refractivity contribution in [1.29, 1.82) is 0 Å². The average Bonchev–Trinajstić information content (AvgIpc) is 2.90. The zero-order valence-corrected chi connectivity index (χ0v) is 19.5. The lowest BCUT2D eigenvalue weighted by Crippen LogP contribution is -2.56. The molecule has 3 N–H and O–H groups in total. The van der Waals surface area contributed by atoms with Crippen LogP contribution in [-0.4, -0.2) is 67.7 Å². The van der Waals surface area contributed by atoms with E-state index >= 15 is 0 Å². The highest BCUT2D eigenvalue weighted by molar-refractivity contribution is 6.48. The zero-order chi connectivity index (χ0) is 24.1. The SMILES string of the molecule is COC[C@@H](NC(=O)O)C(=O)N[C@H](CCOc1ccc(Cl)c(F)c1)B1OC(C)(C)C(C)(C)O1. The van der Waals surface area contributed by atoms with Gasteiger partial charge in [-0.15, -0.1) is 0 Å². The molecule has 1 saturated heterocycles. The molecular formula is C20H29BClFN2O7. The van der Waals surface area contributed by atoms with Crippen molar-refractivity contribution in [2.24, 2.45) is 0 Å². The van der Waals surface area contributed by atoms with Gasteiger partial charge in [0.25, 0.3) is 0 Å². The smallest absolute Gasteiger partial charge is 0.481 e. The summed E-state index contributed by atoms with van der Waals surface area (Å²) in [6, 6.07) is 2.94. The van der Waals surface area contributed by atoms with Crippen LogP contribution in [0.25, 0.3) is 0 Å². The second-order valence-corrected chi connectivity index (χ2v) is 8.82. The van der Waals surface area contributed by atoms with Crippen LogP contribution in [0.5, 0.6) is 5.75 Å². The first-order valence-electron chi connectivity index (χ1n) is 10.1. The Labute approximate surface area is 192 Å². The average molecular weight is 475 g/mol. The molecular weight excluding hydrogens is 445 g/mol. The minimum atomic E-state index is -1.36. The Balaban J connectivity index is 2.12. The fraction of sp³-hybridized carbons (Fsp3) is 0.600. The van der Waals surface area contributed by atoms with Crippen LogP contribution in [0.2, 0.25) is 5.02 Å². The van der Waals surface area contributed by atoms with Gasteiger partial charge in [-0.2, -0.15) is 0 Å². The van der Waals surface area contributed by atoms with Crippen molar-refractivity contribution in [3.8, 4) is 5.75 Å². The van der Waals surface area contributed by atoms with Crippen molar-refractivity contribution in [3.05, 3.63) is 29.0 Å². The summed E-state index contributed by atoms with van der Waals surface area (Å²) in [6.45, 7) is 7.43. The molecule has 1 aromatic rings. The predicted molar refractivity (Wildman–Crippen MR) is 116 cm³/mol. The molecule has 0 radical (unpaired) electrons. The van der Waals surface area contributed by atoms with Crippen LogP contribution in [0.15, 0.2) is 18.2 Å². The van der Waals surface area contributed by atoms with E-state index in [1.807, 2.05) is 27.7 Å². The van der Waals surface area contributed by atoms with Gasteiger partial charge in [0.05, 0.1) is 35.4 Å². The number of rotatable bonds is 10. The van der Waals surface area contributed by atoms with Crippen LogP contribution < -0.4 is 15.4 Å². The van der Waals surface area contributed by atoms with Crippen molar-refractivity contribution in [2.45, 2.75) is 57.3 Å². The molecule has 0 aromatic heterocycles. The van der Waals surface area contributed by atoms with Gasteiger partial charge in [0, 0.05) is 19.6 Å². The maximum atomic E-state index is 13.6. The Kier molecular flexibility index (Phi) is 8.75. The highest BCUT2D eigenvalue weighted by atomic mass is 35.5. The van der Waals surface area contributed by atoms with Gasteiger partial charge >= 0.3 is 13.2 Å². The lowest BCUT2D eigenvalue weighted by atomic mass is 9.76. The number of halogens is 2. The number of carbonyl (C=O) groups excluding carboxylic acids is 1. The van der Waals surface area contributed by atoms with Gasteiger partial charge in [-0.1, -0.05) is 11.6 Å². The molecule has 1 aromatic carbocycles. The number of methoxy groups -OCH3 is 1. The van der Waals surface area contributed by atoms with Crippen LogP contribution in [-0.2, 0) is 18.8 Å². The summed E-state index contributed by atoms with van der Waals surface area (Å²) in [7, 11) is 0.539. The lowest BCUT2D eigenvalue weighted by molar-refractivity contribution is -0.124. The molecule has 1 aliphatic rings. The first-order valence-corrected chi connectivity index (χ1v) is 10.5. The van der Waals surface area contributed by atoms with Crippen molar-refractivity contribution < 1.29 is 37.9 Å². The quantitative estimate of drug-likeness (QED) is 0.447. The van der Waals surface area contributed by atoms with Crippen molar-refractivity contribution in [1.82, 2.24) is 10.6 Å². The molecule has 0 spiro atoms. The summed E-state index contributed by atoms with van der Waals surface area (Å²) < 4.78 is 36.3. The van der Waals surface area contributed by atoms with Crippen molar-refractivity contribution in [2.75, 3.05) is 20.3 Å². The molecule has 0 aliphatic carbocycles. The zero-order valence-electron chi connectivity index (χ0n) is 18.7. The predicted octanol–water partition coefficient (Wildman–Crippen LogP) is 2.65. The Morgan fingerprint density at radius 1 is 1.22 bits per heavy atom. The van der Waals surface area contributed by atoms with Gasteiger partial charge < -0.3 is 34.5 Å². The number of ether oxygens (including phenoxy) is 2. The molecule has 1 aliphatic heterocycles. The first kappa shape index (κ1) is 26.2. The van der Waals surface area contributed by atoms with Gasteiger partial charge in [0.2, 0.25) is 5.91 Å². The summed E-state index contributed by atoms with van der Waals surface area (Å²) in [5, 5.41) is 13.9. The highest BCUT2D eigenvalue weighted by Gasteiger charge is 2.54. The summed E-state index contributed by atoms with van der Waals surface area (Å²) in [5.74, 6) is -1.63. The largest absolute Gasteiger partial charge is 0.493 e. The highest BCUT2D eigenvalue weighted by Crippen LogP contribution is 2.37. The van der Waals surface area contributed by atoms with E-state index in [2.05, 4.69) is 10.6 Å². The number of carboxylic acid groups (broad SMARTS) is 1. The molecule has 32 heavy (non-hydrogen) atoms. The number of benzene rings is 1. The van der Waals surface area contributed by atoms with Gasteiger partial charge in [0.15, 0.2) is 0 Å². The maximum absolute atomic E-state index is 13.6. The molecule has 0 saturated carbocycles. The second-order valence-electron chi connectivity index (χ2n) is 8.41. The summed E-state index contributed by atoms with van der Waals surface area (Å²) in [6.07, 6.45) is -1.12. The number of carbonyl (C=O) groups is 2. The molecule has 1 fully saturated rings. The molecule has 9 nitrogen and oxygen atoms in total. The standard InChI is InChI=1S/C20H29BClFN2O7/c1-19(2)20(3,4)32-21(31-19)16(25-17(26)15(11-29-5)24-18(27)28)8-9-30-12-6-7-13(22)14(23)10-12/h6-7,10,15-16,24H,8-9,11H2,1-5H3,(H,25,26)(H,27,28)/t15-,16-/m1/s1.